The minimum absolute atomic E-state index is 0.464. The summed E-state index contributed by atoms with van der Waals surface area (Å²) in [7, 11) is 0. The predicted molar refractivity (Wildman–Crippen MR) is 66.7 cm³/mol. The first-order valence-electron chi connectivity index (χ1n) is 6.28. The highest BCUT2D eigenvalue weighted by atomic mass is 19.1. The molecular formula is C13H17FN2O2. The Kier molecular flexibility index (Phi) is 3.91. The number of rotatable bonds is 6. The number of hydrogen-bond acceptors (Lipinski definition) is 3. The molecule has 2 rings (SSSR count). The molecule has 4 nitrogen and oxygen atoms in total. The van der Waals surface area contributed by atoms with Crippen LogP contribution in [0.1, 0.15) is 31.7 Å². The molecule has 2 atom stereocenters. The van der Waals surface area contributed by atoms with Gasteiger partial charge in [0, 0.05) is 18.7 Å². The van der Waals surface area contributed by atoms with Crippen molar-refractivity contribution in [1.82, 2.24) is 5.32 Å². The average Bonchev–Trinajstić information content (AvgIpc) is 3.05. The number of nitrogens with one attached hydrogen (secondary N) is 1. The van der Waals surface area contributed by atoms with Crippen LogP contribution >= 0.6 is 0 Å². The molecule has 1 fully saturated rings. The summed E-state index contributed by atoms with van der Waals surface area (Å²) in [5.74, 6) is -0.0156. The van der Waals surface area contributed by atoms with Crippen LogP contribution < -0.4 is 5.32 Å². The monoisotopic (exact) mass is 252 g/mol. The Balaban J connectivity index is 1.87. The van der Waals surface area contributed by atoms with Gasteiger partial charge in [0.1, 0.15) is 0 Å². The zero-order valence-electron chi connectivity index (χ0n) is 10.4. The second-order valence-electron chi connectivity index (χ2n) is 4.81. The molecule has 0 saturated heterocycles. The first-order valence-corrected chi connectivity index (χ1v) is 6.28. The van der Waals surface area contributed by atoms with E-state index in [2.05, 4.69) is 12.2 Å². The third-order valence-electron chi connectivity index (χ3n) is 3.36. The molecule has 98 valence electrons. The molecule has 0 aromatic heterocycles. The summed E-state index contributed by atoms with van der Waals surface area (Å²) in [5.41, 5.74) is 0.286. The molecule has 0 heterocycles. The summed E-state index contributed by atoms with van der Waals surface area (Å²) in [5, 5.41) is 13.8. The molecule has 0 amide bonds. The van der Waals surface area contributed by atoms with Crippen molar-refractivity contribution < 1.29 is 9.31 Å². The fourth-order valence-electron chi connectivity index (χ4n) is 2.24. The third kappa shape index (κ3) is 3.04. The van der Waals surface area contributed by atoms with Gasteiger partial charge in [0.25, 0.3) is 0 Å². The molecule has 1 aromatic carbocycles. The lowest BCUT2D eigenvalue weighted by atomic mass is 10.2. The Hall–Kier alpha value is -1.49. The lowest BCUT2D eigenvalue weighted by Crippen LogP contribution is -2.17. The zero-order valence-corrected chi connectivity index (χ0v) is 10.4. The highest BCUT2D eigenvalue weighted by Gasteiger charge is 2.35. The third-order valence-corrected chi connectivity index (χ3v) is 3.36. The summed E-state index contributed by atoms with van der Waals surface area (Å²) < 4.78 is 13.4. The van der Waals surface area contributed by atoms with E-state index in [1.54, 1.807) is 6.07 Å². The standard InChI is InChI=1S/C13H17FN2O2/c1-2-3-10-7-12(10)15-8-9-4-5-13(16(17)18)11(14)6-9/h4-6,10,12,15H,2-3,7-8H2,1H3. The SMILES string of the molecule is CCCC1CC1NCc1ccc([N+](=O)[O-])c(F)c1. The Bertz CT molecular complexity index is 451. The Morgan fingerprint density at radius 1 is 1.56 bits per heavy atom. The van der Waals surface area contributed by atoms with Gasteiger partial charge in [0.05, 0.1) is 4.92 Å². The molecule has 1 aliphatic rings. The van der Waals surface area contributed by atoms with Crippen molar-refractivity contribution in [2.75, 3.05) is 0 Å². The van der Waals surface area contributed by atoms with Gasteiger partial charge in [-0.2, -0.15) is 4.39 Å². The molecule has 0 spiro atoms. The van der Waals surface area contributed by atoms with E-state index in [0.29, 0.717) is 12.6 Å². The van der Waals surface area contributed by atoms with Gasteiger partial charge in [-0.1, -0.05) is 19.4 Å². The van der Waals surface area contributed by atoms with Gasteiger partial charge in [-0.3, -0.25) is 10.1 Å². The van der Waals surface area contributed by atoms with E-state index < -0.39 is 16.4 Å². The number of nitrogens with zero attached hydrogens (tertiary/aromatic N) is 1. The van der Waals surface area contributed by atoms with E-state index in [1.807, 2.05) is 0 Å². The molecule has 0 bridgehead atoms. The van der Waals surface area contributed by atoms with Gasteiger partial charge in [0.2, 0.25) is 5.82 Å². The maximum absolute atomic E-state index is 13.4. The predicted octanol–water partition coefficient (Wildman–Crippen LogP) is 3.01. The minimum atomic E-state index is -0.764. The van der Waals surface area contributed by atoms with Crippen molar-refractivity contribution in [3.05, 3.63) is 39.7 Å². The van der Waals surface area contributed by atoms with E-state index in [9.17, 15) is 14.5 Å². The van der Waals surface area contributed by atoms with Crippen molar-refractivity contribution in [2.24, 2.45) is 5.92 Å². The van der Waals surface area contributed by atoms with Crippen LogP contribution in [0, 0.1) is 21.8 Å². The molecule has 18 heavy (non-hydrogen) atoms. The zero-order chi connectivity index (χ0) is 13.1. The fraction of sp³-hybridized carbons (Fsp3) is 0.538. The van der Waals surface area contributed by atoms with E-state index in [1.165, 1.54) is 31.4 Å². The number of hydrogen-bond donors (Lipinski definition) is 1. The normalized spacial score (nSPS) is 21.9. The van der Waals surface area contributed by atoms with Gasteiger partial charge in [-0.25, -0.2) is 0 Å². The lowest BCUT2D eigenvalue weighted by Gasteiger charge is -2.04. The van der Waals surface area contributed by atoms with Crippen LogP contribution in [0.15, 0.2) is 18.2 Å². The number of halogens is 1. The van der Waals surface area contributed by atoms with Crippen molar-refractivity contribution in [3.63, 3.8) is 0 Å². The molecule has 2 unspecified atom stereocenters. The van der Waals surface area contributed by atoms with E-state index in [4.69, 9.17) is 0 Å². The van der Waals surface area contributed by atoms with Crippen molar-refractivity contribution in [2.45, 2.75) is 38.8 Å². The van der Waals surface area contributed by atoms with Crippen LogP contribution in [0.25, 0.3) is 0 Å². The van der Waals surface area contributed by atoms with Gasteiger partial charge < -0.3 is 5.32 Å². The molecule has 1 saturated carbocycles. The maximum atomic E-state index is 13.4. The summed E-state index contributed by atoms with van der Waals surface area (Å²) in [6.07, 6.45) is 3.60. The van der Waals surface area contributed by atoms with Crippen LogP contribution in [0.5, 0.6) is 0 Å². The van der Waals surface area contributed by atoms with Crippen molar-refractivity contribution in [3.8, 4) is 0 Å². The molecular weight excluding hydrogens is 235 g/mol. The van der Waals surface area contributed by atoms with Crippen LogP contribution in [0.2, 0.25) is 0 Å². The Morgan fingerprint density at radius 2 is 2.33 bits per heavy atom. The van der Waals surface area contributed by atoms with E-state index in [-0.39, 0.29) is 0 Å². The highest BCUT2D eigenvalue weighted by molar-refractivity contribution is 5.35. The summed E-state index contributed by atoms with van der Waals surface area (Å²) in [6.45, 7) is 2.74. The Morgan fingerprint density at radius 3 is 2.94 bits per heavy atom. The number of nitro groups is 1. The quantitative estimate of drug-likeness (QED) is 0.625. The number of nitro benzene ring substituents is 1. The summed E-state index contributed by atoms with van der Waals surface area (Å²) in [6, 6.07) is 4.60. The fourth-order valence-corrected chi connectivity index (χ4v) is 2.24. The van der Waals surface area contributed by atoms with Crippen molar-refractivity contribution >= 4 is 5.69 Å². The average molecular weight is 252 g/mol. The van der Waals surface area contributed by atoms with Gasteiger partial charge >= 0.3 is 5.69 Å². The van der Waals surface area contributed by atoms with E-state index >= 15 is 0 Å². The van der Waals surface area contributed by atoms with Gasteiger partial charge in [-0.05, 0) is 30.4 Å². The second-order valence-corrected chi connectivity index (χ2v) is 4.81. The van der Waals surface area contributed by atoms with Crippen LogP contribution in [0.3, 0.4) is 0 Å². The van der Waals surface area contributed by atoms with Crippen molar-refractivity contribution in [1.29, 1.82) is 0 Å². The molecule has 5 heteroatoms. The second kappa shape index (κ2) is 5.44. The van der Waals surface area contributed by atoms with Crippen LogP contribution in [0.4, 0.5) is 10.1 Å². The molecule has 1 aliphatic carbocycles. The topological polar surface area (TPSA) is 55.2 Å². The lowest BCUT2D eigenvalue weighted by molar-refractivity contribution is -0.387. The first-order chi connectivity index (χ1) is 8.61. The maximum Gasteiger partial charge on any atom is 0.304 e. The minimum Gasteiger partial charge on any atom is -0.310 e. The number of benzene rings is 1. The van der Waals surface area contributed by atoms with Gasteiger partial charge in [-0.15, -0.1) is 0 Å². The van der Waals surface area contributed by atoms with Crippen LogP contribution in [-0.4, -0.2) is 11.0 Å². The molecule has 0 aliphatic heterocycles. The highest BCUT2D eigenvalue weighted by Crippen LogP contribution is 2.34. The summed E-state index contributed by atoms with van der Waals surface area (Å²) in [4.78, 5) is 9.77. The Labute approximate surface area is 105 Å². The first kappa shape index (κ1) is 13.0. The van der Waals surface area contributed by atoms with Gasteiger partial charge in [0.15, 0.2) is 0 Å². The molecule has 1 N–H and O–H groups in total. The van der Waals surface area contributed by atoms with Crippen LogP contribution in [-0.2, 0) is 6.54 Å². The largest absolute Gasteiger partial charge is 0.310 e. The smallest absolute Gasteiger partial charge is 0.304 e. The molecule has 1 aromatic rings. The van der Waals surface area contributed by atoms with E-state index in [0.717, 1.165) is 11.5 Å². The summed E-state index contributed by atoms with van der Waals surface area (Å²) >= 11 is 0. The molecule has 0 radical (unpaired) electrons.